The number of rotatable bonds is 6. The van der Waals surface area contributed by atoms with Crippen molar-refractivity contribution < 1.29 is 28.6 Å². The Morgan fingerprint density at radius 2 is 1.94 bits per heavy atom. The number of halogens is 1. The molecule has 1 aliphatic rings. The lowest BCUT2D eigenvalue weighted by atomic mass is 9.98. The van der Waals surface area contributed by atoms with Crippen molar-refractivity contribution in [2.75, 3.05) is 14.2 Å². The molecule has 1 N–H and O–H groups in total. The number of carbonyl (C=O) groups excluding carboxylic acids is 2. The maximum absolute atomic E-state index is 13.1. The Morgan fingerprint density at radius 1 is 1.16 bits per heavy atom. The van der Waals surface area contributed by atoms with Gasteiger partial charge in [0.1, 0.15) is 29.1 Å². The number of hydrogen-bond donors (Lipinski definition) is 1. The molecule has 1 atom stereocenters. The third kappa shape index (κ3) is 3.69. The first-order valence-corrected chi connectivity index (χ1v) is 9.97. The highest BCUT2D eigenvalue weighted by Crippen LogP contribution is 2.43. The fourth-order valence-corrected chi connectivity index (χ4v) is 3.88. The van der Waals surface area contributed by atoms with Crippen LogP contribution in [0.15, 0.2) is 64.9 Å². The molecule has 0 radical (unpaired) electrons. The summed E-state index contributed by atoms with van der Waals surface area (Å²) in [6.45, 7) is 0.0497. The molecule has 3 heterocycles. The van der Waals surface area contributed by atoms with Gasteiger partial charge in [-0.15, -0.1) is 0 Å². The van der Waals surface area contributed by atoms with E-state index >= 15 is 0 Å². The highest BCUT2D eigenvalue weighted by atomic mass is 35.5. The molecule has 1 fully saturated rings. The van der Waals surface area contributed by atoms with Crippen LogP contribution in [-0.4, -0.2) is 40.9 Å². The number of amides is 1. The molecule has 1 amide bonds. The minimum absolute atomic E-state index is 0.0497. The molecule has 4 rings (SSSR count). The number of nitrogens with zero attached hydrogens (tertiary/aromatic N) is 2. The first-order chi connectivity index (χ1) is 15.5. The zero-order chi connectivity index (χ0) is 22.8. The van der Waals surface area contributed by atoms with Crippen LogP contribution in [0.3, 0.4) is 0 Å². The Bertz CT molecular complexity index is 1190. The minimum atomic E-state index is -0.961. The number of benzene rings is 1. The average Bonchev–Trinajstić information content (AvgIpc) is 3.42. The number of methoxy groups -OCH3 is 2. The lowest BCUT2D eigenvalue weighted by molar-refractivity contribution is -0.140. The van der Waals surface area contributed by atoms with Gasteiger partial charge in [0.2, 0.25) is 0 Å². The SMILES string of the molecule is COc1cc(OC)c(/C(O)=C2/C(=O)C(=O)N(Cc3ccccn3)C2c2ccco2)cc1Cl. The van der Waals surface area contributed by atoms with Gasteiger partial charge in [-0.25, -0.2) is 0 Å². The highest BCUT2D eigenvalue weighted by Gasteiger charge is 2.47. The molecule has 0 spiro atoms. The van der Waals surface area contributed by atoms with E-state index in [0.29, 0.717) is 17.2 Å². The Balaban J connectivity index is 1.88. The van der Waals surface area contributed by atoms with E-state index in [2.05, 4.69) is 4.98 Å². The summed E-state index contributed by atoms with van der Waals surface area (Å²) in [5.41, 5.74) is 0.585. The molecule has 32 heavy (non-hydrogen) atoms. The first kappa shape index (κ1) is 21.5. The van der Waals surface area contributed by atoms with Gasteiger partial charge in [-0.05, 0) is 30.3 Å². The maximum Gasteiger partial charge on any atom is 0.296 e. The van der Waals surface area contributed by atoms with Crippen molar-refractivity contribution in [1.29, 1.82) is 0 Å². The number of pyridine rings is 1. The topological polar surface area (TPSA) is 102 Å². The summed E-state index contributed by atoms with van der Waals surface area (Å²) in [7, 11) is 2.85. The van der Waals surface area contributed by atoms with Gasteiger partial charge in [0.05, 0.1) is 48.9 Å². The van der Waals surface area contributed by atoms with E-state index in [1.807, 2.05) is 0 Å². The lowest BCUT2D eigenvalue weighted by Crippen LogP contribution is -2.29. The molecule has 164 valence electrons. The number of ketones is 1. The normalized spacial score (nSPS) is 17.6. The molecule has 3 aromatic rings. The molecule has 2 aromatic heterocycles. The number of aliphatic hydroxyl groups excluding tert-OH is 1. The molecule has 1 aromatic carbocycles. The van der Waals surface area contributed by atoms with Crippen LogP contribution in [0, 0.1) is 0 Å². The average molecular weight is 455 g/mol. The number of aliphatic hydroxyl groups is 1. The quantitative estimate of drug-likeness (QED) is 0.341. The Labute approximate surface area is 188 Å². The summed E-state index contributed by atoms with van der Waals surface area (Å²) < 4.78 is 16.1. The van der Waals surface area contributed by atoms with Crippen molar-refractivity contribution in [3.05, 3.63) is 82.5 Å². The van der Waals surface area contributed by atoms with Crippen molar-refractivity contribution in [2.24, 2.45) is 0 Å². The number of aromatic nitrogens is 1. The molecule has 1 aliphatic heterocycles. The van der Waals surface area contributed by atoms with Crippen LogP contribution in [0.5, 0.6) is 11.5 Å². The van der Waals surface area contributed by atoms with E-state index in [0.717, 1.165) is 0 Å². The molecule has 9 heteroatoms. The maximum atomic E-state index is 13.1. The van der Waals surface area contributed by atoms with Crippen LogP contribution in [0.1, 0.15) is 23.1 Å². The van der Waals surface area contributed by atoms with Crippen LogP contribution >= 0.6 is 11.6 Å². The van der Waals surface area contributed by atoms with E-state index < -0.39 is 23.5 Å². The molecule has 1 saturated heterocycles. The zero-order valence-electron chi connectivity index (χ0n) is 17.2. The number of carbonyl (C=O) groups is 2. The van der Waals surface area contributed by atoms with Crippen LogP contribution < -0.4 is 9.47 Å². The molecule has 1 unspecified atom stereocenters. The number of hydrogen-bond acceptors (Lipinski definition) is 7. The van der Waals surface area contributed by atoms with E-state index in [4.69, 9.17) is 25.5 Å². The van der Waals surface area contributed by atoms with Crippen molar-refractivity contribution >= 4 is 29.1 Å². The predicted molar refractivity (Wildman–Crippen MR) is 115 cm³/mol. The van der Waals surface area contributed by atoms with Gasteiger partial charge >= 0.3 is 0 Å². The van der Waals surface area contributed by atoms with E-state index in [9.17, 15) is 14.7 Å². The zero-order valence-corrected chi connectivity index (χ0v) is 18.0. The first-order valence-electron chi connectivity index (χ1n) is 9.59. The smallest absolute Gasteiger partial charge is 0.296 e. The second kappa shape index (κ2) is 8.76. The Morgan fingerprint density at radius 3 is 2.56 bits per heavy atom. The second-order valence-corrected chi connectivity index (χ2v) is 7.36. The van der Waals surface area contributed by atoms with Crippen LogP contribution in [-0.2, 0) is 16.1 Å². The molecular formula is C23H19ClN2O6. The summed E-state index contributed by atoms with van der Waals surface area (Å²) in [5.74, 6) is -1.20. The number of furan rings is 1. The third-order valence-corrected chi connectivity index (χ3v) is 5.44. The third-order valence-electron chi connectivity index (χ3n) is 5.14. The van der Waals surface area contributed by atoms with Gasteiger partial charge in [-0.1, -0.05) is 17.7 Å². The van der Waals surface area contributed by atoms with E-state index in [1.54, 1.807) is 36.5 Å². The summed E-state index contributed by atoms with van der Waals surface area (Å²) in [6, 6.07) is 10.5. The lowest BCUT2D eigenvalue weighted by Gasteiger charge is -2.23. The van der Waals surface area contributed by atoms with Crippen LogP contribution in [0.2, 0.25) is 5.02 Å². The van der Waals surface area contributed by atoms with Gasteiger partial charge < -0.3 is 23.9 Å². The second-order valence-electron chi connectivity index (χ2n) is 6.95. The summed E-state index contributed by atoms with van der Waals surface area (Å²) >= 11 is 6.24. The summed E-state index contributed by atoms with van der Waals surface area (Å²) in [6.07, 6.45) is 3.03. The van der Waals surface area contributed by atoms with Crippen molar-refractivity contribution in [3.63, 3.8) is 0 Å². The van der Waals surface area contributed by atoms with Gasteiger partial charge in [-0.3, -0.25) is 14.6 Å². The molecule has 8 nitrogen and oxygen atoms in total. The van der Waals surface area contributed by atoms with E-state index in [-0.39, 0.29) is 28.5 Å². The molecular weight excluding hydrogens is 436 g/mol. The van der Waals surface area contributed by atoms with Gasteiger partial charge in [0.25, 0.3) is 11.7 Å². The predicted octanol–water partition coefficient (Wildman–Crippen LogP) is 3.97. The van der Waals surface area contributed by atoms with Crippen LogP contribution in [0.25, 0.3) is 5.76 Å². The summed E-state index contributed by atoms with van der Waals surface area (Å²) in [5, 5.41) is 11.4. The fraction of sp³-hybridized carbons (Fsp3) is 0.174. The molecule has 0 saturated carbocycles. The van der Waals surface area contributed by atoms with Gasteiger partial charge in [-0.2, -0.15) is 0 Å². The highest BCUT2D eigenvalue weighted by molar-refractivity contribution is 6.46. The van der Waals surface area contributed by atoms with E-state index in [1.165, 1.54) is 37.5 Å². The van der Waals surface area contributed by atoms with Gasteiger partial charge in [0.15, 0.2) is 0 Å². The number of likely N-dealkylation sites (tertiary alicyclic amines) is 1. The largest absolute Gasteiger partial charge is 0.507 e. The Hall–Kier alpha value is -3.78. The molecule has 0 bridgehead atoms. The van der Waals surface area contributed by atoms with Crippen molar-refractivity contribution in [2.45, 2.75) is 12.6 Å². The minimum Gasteiger partial charge on any atom is -0.507 e. The van der Waals surface area contributed by atoms with Crippen LogP contribution in [0.4, 0.5) is 0 Å². The standard InChI is InChI=1S/C23H19ClN2O6/c1-30-17-11-18(31-2)15(24)10-14(17)21(27)19-20(16-7-5-9-32-16)26(23(29)22(19)28)12-13-6-3-4-8-25-13/h3-11,20,27H,12H2,1-2H3/b21-19-. The monoisotopic (exact) mass is 454 g/mol. The molecule has 0 aliphatic carbocycles. The van der Waals surface area contributed by atoms with Gasteiger partial charge in [0, 0.05) is 12.3 Å². The fourth-order valence-electron chi connectivity index (χ4n) is 3.64. The number of Topliss-reactive ketones (excluding diaryl/α,β-unsaturated/α-hetero) is 1. The Kier molecular flexibility index (Phi) is 5.87. The summed E-state index contributed by atoms with van der Waals surface area (Å²) in [4.78, 5) is 31.6. The number of ether oxygens (including phenoxy) is 2. The van der Waals surface area contributed by atoms with Crippen molar-refractivity contribution in [3.8, 4) is 11.5 Å². The van der Waals surface area contributed by atoms with Crippen molar-refractivity contribution in [1.82, 2.24) is 9.88 Å².